The van der Waals surface area contributed by atoms with E-state index in [-0.39, 0.29) is 11.5 Å². The highest BCUT2D eigenvalue weighted by atomic mass is 79.9. The summed E-state index contributed by atoms with van der Waals surface area (Å²) in [5.41, 5.74) is 1.55. The number of aromatic nitrogens is 1. The summed E-state index contributed by atoms with van der Waals surface area (Å²) >= 11 is 3.33. The van der Waals surface area contributed by atoms with Gasteiger partial charge in [-0.05, 0) is 30.3 Å². The molecule has 0 bridgehead atoms. The largest absolute Gasteiger partial charge is 0.503 e. The highest BCUT2D eigenvalue weighted by Crippen LogP contribution is 2.11. The first-order chi connectivity index (χ1) is 9.06. The second kappa shape index (κ2) is 5.80. The molecule has 0 radical (unpaired) electrons. The van der Waals surface area contributed by atoms with Gasteiger partial charge in [-0.25, -0.2) is 0 Å². The molecule has 0 saturated carbocycles. The minimum Gasteiger partial charge on any atom is -0.503 e. The van der Waals surface area contributed by atoms with E-state index in [9.17, 15) is 9.90 Å². The van der Waals surface area contributed by atoms with Crippen molar-refractivity contribution in [3.8, 4) is 5.75 Å². The minimum absolute atomic E-state index is 0.0808. The van der Waals surface area contributed by atoms with Crippen LogP contribution in [0.1, 0.15) is 16.1 Å². The van der Waals surface area contributed by atoms with Crippen molar-refractivity contribution in [3.63, 3.8) is 0 Å². The molecule has 2 aromatic rings. The standard InChI is InChI=1S/C15H12BrNO2/c1-11-2-7-14(18)10-17(11)9-8-15(19)12-3-5-13(16)6-4-12/h2-10H,1H3/p+1. The topological polar surface area (TPSA) is 41.2 Å². The van der Waals surface area contributed by atoms with Crippen LogP contribution in [0.25, 0.3) is 6.20 Å². The Kier molecular flexibility index (Phi) is 4.12. The molecule has 0 spiro atoms. The van der Waals surface area contributed by atoms with Crippen molar-refractivity contribution in [2.75, 3.05) is 0 Å². The summed E-state index contributed by atoms with van der Waals surface area (Å²) in [5.74, 6) is 0.0779. The Bertz CT molecular complexity index is 633. The van der Waals surface area contributed by atoms with E-state index in [1.54, 1.807) is 41.2 Å². The zero-order valence-electron chi connectivity index (χ0n) is 10.4. The summed E-state index contributed by atoms with van der Waals surface area (Å²) in [6.07, 6.45) is 4.68. The van der Waals surface area contributed by atoms with Crippen molar-refractivity contribution >= 4 is 27.9 Å². The minimum atomic E-state index is -0.0808. The van der Waals surface area contributed by atoms with Gasteiger partial charge in [-0.1, -0.05) is 15.9 Å². The first-order valence-corrected chi connectivity index (χ1v) is 6.54. The lowest BCUT2D eigenvalue weighted by Gasteiger charge is -1.96. The van der Waals surface area contributed by atoms with Gasteiger partial charge >= 0.3 is 0 Å². The lowest BCUT2D eigenvalue weighted by atomic mass is 10.1. The van der Waals surface area contributed by atoms with Crippen LogP contribution < -0.4 is 4.57 Å². The third-order valence-corrected chi connectivity index (χ3v) is 3.22. The van der Waals surface area contributed by atoms with Crippen molar-refractivity contribution in [2.45, 2.75) is 6.92 Å². The number of nitrogens with zero attached hydrogens (tertiary/aromatic N) is 1. The quantitative estimate of drug-likeness (QED) is 0.536. The summed E-state index contributed by atoms with van der Waals surface area (Å²) in [5, 5.41) is 9.41. The number of ketones is 1. The Balaban J connectivity index is 2.20. The number of benzene rings is 1. The molecule has 0 amide bonds. The van der Waals surface area contributed by atoms with Crippen LogP contribution >= 0.6 is 15.9 Å². The molecular weight excluding hydrogens is 306 g/mol. The number of allylic oxidation sites excluding steroid dienone is 1. The molecule has 19 heavy (non-hydrogen) atoms. The Labute approximate surface area is 120 Å². The van der Waals surface area contributed by atoms with Gasteiger partial charge in [0.1, 0.15) is 0 Å². The molecule has 0 atom stereocenters. The van der Waals surface area contributed by atoms with E-state index in [0.29, 0.717) is 5.56 Å². The van der Waals surface area contributed by atoms with E-state index in [0.717, 1.165) is 10.2 Å². The van der Waals surface area contributed by atoms with Crippen molar-refractivity contribution < 1.29 is 14.5 Å². The fourth-order valence-corrected chi connectivity index (χ4v) is 1.86. The summed E-state index contributed by atoms with van der Waals surface area (Å²) in [6.45, 7) is 1.90. The number of aromatic hydroxyl groups is 1. The molecule has 0 aliphatic heterocycles. The average molecular weight is 319 g/mol. The highest BCUT2D eigenvalue weighted by Gasteiger charge is 2.06. The second-order valence-corrected chi connectivity index (χ2v) is 5.04. The molecule has 1 aromatic heterocycles. The maximum Gasteiger partial charge on any atom is 0.216 e. The van der Waals surface area contributed by atoms with Crippen LogP contribution in [-0.2, 0) is 0 Å². The van der Waals surface area contributed by atoms with Gasteiger partial charge < -0.3 is 5.11 Å². The van der Waals surface area contributed by atoms with Gasteiger partial charge in [-0.3, -0.25) is 4.79 Å². The first kappa shape index (κ1) is 13.5. The Morgan fingerprint density at radius 3 is 2.58 bits per heavy atom. The van der Waals surface area contributed by atoms with Crippen LogP contribution in [0.15, 0.2) is 53.1 Å². The molecule has 1 aromatic carbocycles. The van der Waals surface area contributed by atoms with Gasteiger partial charge in [0.15, 0.2) is 23.4 Å². The van der Waals surface area contributed by atoms with Crippen LogP contribution in [0.5, 0.6) is 5.75 Å². The lowest BCUT2D eigenvalue weighted by molar-refractivity contribution is -0.576. The maximum atomic E-state index is 11.9. The van der Waals surface area contributed by atoms with Gasteiger partial charge in [0.05, 0.1) is 6.08 Å². The van der Waals surface area contributed by atoms with Crippen LogP contribution in [0.3, 0.4) is 0 Å². The van der Waals surface area contributed by atoms with Crippen molar-refractivity contribution in [3.05, 3.63) is 64.4 Å². The van der Waals surface area contributed by atoms with E-state index < -0.39 is 0 Å². The summed E-state index contributed by atoms with van der Waals surface area (Å²) < 4.78 is 2.64. The zero-order valence-corrected chi connectivity index (χ0v) is 12.0. The van der Waals surface area contributed by atoms with Gasteiger partial charge in [0.2, 0.25) is 6.20 Å². The van der Waals surface area contributed by atoms with Crippen LogP contribution in [0, 0.1) is 6.92 Å². The molecule has 0 fully saturated rings. The monoisotopic (exact) mass is 318 g/mol. The van der Waals surface area contributed by atoms with E-state index in [1.807, 2.05) is 19.1 Å². The number of rotatable bonds is 3. The van der Waals surface area contributed by atoms with Crippen molar-refractivity contribution in [1.29, 1.82) is 0 Å². The van der Waals surface area contributed by atoms with Crippen molar-refractivity contribution in [1.82, 2.24) is 0 Å². The van der Waals surface area contributed by atoms with E-state index in [1.165, 1.54) is 6.08 Å². The molecule has 2 rings (SSSR count). The van der Waals surface area contributed by atoms with Crippen LogP contribution in [0.2, 0.25) is 0 Å². The molecule has 3 nitrogen and oxygen atoms in total. The Hall–Kier alpha value is -1.94. The van der Waals surface area contributed by atoms with Gasteiger partial charge in [-0.2, -0.15) is 4.57 Å². The SMILES string of the molecule is Cc1ccc(O)c[n+]1C=CC(=O)c1ccc(Br)cc1. The first-order valence-electron chi connectivity index (χ1n) is 5.75. The number of hydrogen-bond donors (Lipinski definition) is 1. The average Bonchev–Trinajstić information content (AvgIpc) is 2.40. The number of aryl methyl sites for hydroxylation is 1. The van der Waals surface area contributed by atoms with Gasteiger partial charge in [-0.15, -0.1) is 0 Å². The highest BCUT2D eigenvalue weighted by molar-refractivity contribution is 9.10. The third-order valence-electron chi connectivity index (χ3n) is 2.69. The fraction of sp³-hybridized carbons (Fsp3) is 0.0667. The Morgan fingerprint density at radius 2 is 1.89 bits per heavy atom. The fourth-order valence-electron chi connectivity index (χ4n) is 1.60. The van der Waals surface area contributed by atoms with E-state index in [2.05, 4.69) is 15.9 Å². The Morgan fingerprint density at radius 1 is 1.21 bits per heavy atom. The molecule has 1 N–H and O–H groups in total. The molecule has 4 heteroatoms. The normalized spacial score (nSPS) is 10.8. The molecule has 0 saturated heterocycles. The third kappa shape index (κ3) is 3.51. The summed E-state index contributed by atoms with van der Waals surface area (Å²) in [7, 11) is 0. The number of hydrogen-bond acceptors (Lipinski definition) is 2. The maximum absolute atomic E-state index is 11.9. The smallest absolute Gasteiger partial charge is 0.216 e. The molecular formula is C15H13BrNO2+. The molecule has 1 heterocycles. The second-order valence-electron chi connectivity index (χ2n) is 4.12. The molecule has 0 aliphatic rings. The predicted octanol–water partition coefficient (Wildman–Crippen LogP) is 3.10. The number of pyridine rings is 1. The van der Waals surface area contributed by atoms with E-state index in [4.69, 9.17) is 0 Å². The molecule has 0 aliphatic carbocycles. The summed E-state index contributed by atoms with van der Waals surface area (Å²) in [6, 6.07) is 10.6. The number of carbonyl (C=O) groups is 1. The predicted molar refractivity (Wildman–Crippen MR) is 76.8 cm³/mol. The van der Waals surface area contributed by atoms with Crippen LogP contribution in [0.4, 0.5) is 0 Å². The molecule has 0 unspecified atom stereocenters. The van der Waals surface area contributed by atoms with Crippen molar-refractivity contribution in [2.24, 2.45) is 0 Å². The van der Waals surface area contributed by atoms with Gasteiger partial charge in [0.25, 0.3) is 0 Å². The van der Waals surface area contributed by atoms with E-state index >= 15 is 0 Å². The summed E-state index contributed by atoms with van der Waals surface area (Å²) in [4.78, 5) is 11.9. The number of carbonyl (C=O) groups excluding carboxylic acids is 1. The molecule has 96 valence electrons. The van der Waals surface area contributed by atoms with Crippen LogP contribution in [-0.4, -0.2) is 10.9 Å². The lowest BCUT2D eigenvalue weighted by Crippen LogP contribution is -2.29. The zero-order chi connectivity index (χ0) is 13.8. The van der Waals surface area contributed by atoms with Gasteiger partial charge in [0, 0.05) is 23.0 Å². The number of halogens is 1.